The van der Waals surface area contributed by atoms with Crippen LogP contribution in [0.5, 0.6) is 0 Å². The second-order valence-electron chi connectivity index (χ2n) is 8.35. The first-order valence-electron chi connectivity index (χ1n) is 10.4. The number of hydrogen-bond acceptors (Lipinski definition) is 4. The molecule has 0 radical (unpaired) electrons. The van der Waals surface area contributed by atoms with Crippen LogP contribution in [0.25, 0.3) is 0 Å². The molecule has 2 fully saturated rings. The SMILES string of the molecule is O=C1CC(C(=O)N2CCCC(c3nnc4n3CCCCC4)C2)CN1CC(F)(F)F. The van der Waals surface area contributed by atoms with Crippen LogP contribution >= 0.6 is 0 Å². The summed E-state index contributed by atoms with van der Waals surface area (Å²) in [6.45, 7) is 0.510. The van der Waals surface area contributed by atoms with Gasteiger partial charge >= 0.3 is 6.18 Å². The van der Waals surface area contributed by atoms with Crippen molar-refractivity contribution in [3.05, 3.63) is 11.6 Å². The Bertz CT molecular complexity index is 778. The van der Waals surface area contributed by atoms with E-state index in [1.165, 1.54) is 6.42 Å². The topological polar surface area (TPSA) is 71.3 Å². The molecule has 7 nitrogen and oxygen atoms in total. The van der Waals surface area contributed by atoms with Gasteiger partial charge in [-0.1, -0.05) is 6.42 Å². The Morgan fingerprint density at radius 2 is 1.90 bits per heavy atom. The molecule has 2 unspecified atom stereocenters. The third-order valence-corrected chi connectivity index (χ3v) is 6.17. The monoisotopic (exact) mass is 413 g/mol. The Morgan fingerprint density at radius 1 is 1.07 bits per heavy atom. The van der Waals surface area contributed by atoms with Crippen molar-refractivity contribution >= 4 is 11.8 Å². The van der Waals surface area contributed by atoms with E-state index in [2.05, 4.69) is 14.8 Å². The molecule has 2 atom stereocenters. The van der Waals surface area contributed by atoms with Gasteiger partial charge in [-0.25, -0.2) is 0 Å². The maximum absolute atomic E-state index is 12.9. The minimum atomic E-state index is -4.45. The summed E-state index contributed by atoms with van der Waals surface area (Å²) in [5, 5.41) is 8.75. The summed E-state index contributed by atoms with van der Waals surface area (Å²) in [6, 6.07) is 0. The summed E-state index contributed by atoms with van der Waals surface area (Å²) in [5.74, 6) is 0.487. The van der Waals surface area contributed by atoms with E-state index in [4.69, 9.17) is 0 Å². The molecule has 0 aliphatic carbocycles. The molecule has 10 heteroatoms. The lowest BCUT2D eigenvalue weighted by Gasteiger charge is -2.34. The number of hydrogen-bond donors (Lipinski definition) is 0. The highest BCUT2D eigenvalue weighted by Gasteiger charge is 2.42. The number of fused-ring (bicyclic) bond motifs is 1. The van der Waals surface area contributed by atoms with Crippen LogP contribution in [0.3, 0.4) is 0 Å². The maximum Gasteiger partial charge on any atom is 0.406 e. The normalized spacial score (nSPS) is 25.8. The molecule has 29 heavy (non-hydrogen) atoms. The predicted molar refractivity (Wildman–Crippen MR) is 96.9 cm³/mol. The van der Waals surface area contributed by atoms with Crippen molar-refractivity contribution in [2.75, 3.05) is 26.2 Å². The van der Waals surface area contributed by atoms with Crippen molar-refractivity contribution in [3.8, 4) is 0 Å². The van der Waals surface area contributed by atoms with Crippen molar-refractivity contribution in [1.82, 2.24) is 24.6 Å². The van der Waals surface area contributed by atoms with Crippen LogP contribution in [0.1, 0.15) is 56.1 Å². The van der Waals surface area contributed by atoms with Crippen LogP contribution in [-0.4, -0.2) is 68.7 Å². The van der Waals surface area contributed by atoms with Gasteiger partial charge in [-0.3, -0.25) is 9.59 Å². The van der Waals surface area contributed by atoms with E-state index in [9.17, 15) is 22.8 Å². The molecule has 4 heterocycles. The zero-order chi connectivity index (χ0) is 20.6. The fourth-order valence-electron chi connectivity index (χ4n) is 4.76. The summed E-state index contributed by atoms with van der Waals surface area (Å²) < 4.78 is 40.1. The summed E-state index contributed by atoms with van der Waals surface area (Å²) in [6.07, 6.45) is 1.41. The fourth-order valence-corrected chi connectivity index (χ4v) is 4.76. The molecule has 0 saturated carbocycles. The van der Waals surface area contributed by atoms with Crippen LogP contribution in [0.4, 0.5) is 13.2 Å². The van der Waals surface area contributed by atoms with Gasteiger partial charge in [-0.15, -0.1) is 10.2 Å². The molecule has 3 aliphatic heterocycles. The Hall–Kier alpha value is -2.13. The first kappa shape index (κ1) is 20.2. The number of alkyl halides is 3. The quantitative estimate of drug-likeness (QED) is 0.761. The lowest BCUT2D eigenvalue weighted by molar-refractivity contribution is -0.157. The summed E-state index contributed by atoms with van der Waals surface area (Å²) in [7, 11) is 0. The molecule has 1 aromatic heterocycles. The van der Waals surface area contributed by atoms with Gasteiger partial charge in [0.05, 0.1) is 5.92 Å². The number of likely N-dealkylation sites (tertiary alicyclic amines) is 2. The van der Waals surface area contributed by atoms with E-state index < -0.39 is 24.5 Å². The van der Waals surface area contributed by atoms with Crippen LogP contribution in [0.2, 0.25) is 0 Å². The number of halogens is 3. The molecule has 4 rings (SSSR count). The Kier molecular flexibility index (Phi) is 5.52. The lowest BCUT2D eigenvalue weighted by atomic mass is 9.95. The highest BCUT2D eigenvalue weighted by Crippen LogP contribution is 2.31. The molecular formula is C19H26F3N5O2. The van der Waals surface area contributed by atoms with Gasteiger partial charge in [0.15, 0.2) is 0 Å². The summed E-state index contributed by atoms with van der Waals surface area (Å²) >= 11 is 0. The average molecular weight is 413 g/mol. The van der Waals surface area contributed by atoms with E-state index >= 15 is 0 Å². The van der Waals surface area contributed by atoms with Crippen LogP contribution in [0.15, 0.2) is 0 Å². The van der Waals surface area contributed by atoms with Gasteiger partial charge in [0.1, 0.15) is 18.2 Å². The van der Waals surface area contributed by atoms with Crippen molar-refractivity contribution < 1.29 is 22.8 Å². The fraction of sp³-hybridized carbons (Fsp3) is 0.789. The summed E-state index contributed by atoms with van der Waals surface area (Å²) in [4.78, 5) is 27.3. The van der Waals surface area contributed by atoms with Crippen molar-refractivity contribution in [2.24, 2.45) is 5.92 Å². The van der Waals surface area contributed by atoms with Crippen LogP contribution < -0.4 is 0 Å². The van der Waals surface area contributed by atoms with E-state index in [1.807, 2.05) is 0 Å². The highest BCUT2D eigenvalue weighted by molar-refractivity contribution is 5.89. The van der Waals surface area contributed by atoms with Gasteiger partial charge in [0.25, 0.3) is 0 Å². The van der Waals surface area contributed by atoms with Gasteiger partial charge in [0.2, 0.25) is 11.8 Å². The van der Waals surface area contributed by atoms with Gasteiger partial charge in [-0.05, 0) is 25.7 Å². The largest absolute Gasteiger partial charge is 0.406 e. The second-order valence-corrected chi connectivity index (χ2v) is 8.35. The second kappa shape index (κ2) is 7.95. The highest BCUT2D eigenvalue weighted by atomic mass is 19.4. The van der Waals surface area contributed by atoms with E-state index in [0.717, 1.165) is 55.2 Å². The maximum atomic E-state index is 12.9. The molecule has 160 valence electrons. The zero-order valence-corrected chi connectivity index (χ0v) is 16.3. The third kappa shape index (κ3) is 4.40. The minimum Gasteiger partial charge on any atom is -0.342 e. The smallest absolute Gasteiger partial charge is 0.342 e. The predicted octanol–water partition coefficient (Wildman–Crippen LogP) is 2.12. The molecule has 0 aromatic carbocycles. The number of amides is 2. The molecule has 3 aliphatic rings. The number of nitrogens with zero attached hydrogens (tertiary/aromatic N) is 5. The average Bonchev–Trinajstić information content (AvgIpc) is 3.15. The van der Waals surface area contributed by atoms with Gasteiger partial charge < -0.3 is 14.4 Å². The standard InChI is InChI=1S/C19H26F3N5O2/c20-19(21,22)12-26-11-14(9-16(26)28)18(29)25-7-4-5-13(10-25)17-24-23-15-6-2-1-3-8-27(15)17/h13-14H,1-12H2. The van der Waals surface area contributed by atoms with E-state index in [0.29, 0.717) is 13.1 Å². The van der Waals surface area contributed by atoms with E-state index in [-0.39, 0.29) is 24.8 Å². The number of aryl methyl sites for hydroxylation is 1. The summed E-state index contributed by atoms with van der Waals surface area (Å²) in [5.41, 5.74) is 0. The van der Waals surface area contributed by atoms with Gasteiger partial charge in [-0.2, -0.15) is 13.2 Å². The molecule has 0 spiro atoms. The Morgan fingerprint density at radius 3 is 2.69 bits per heavy atom. The first-order valence-corrected chi connectivity index (χ1v) is 10.4. The first-order chi connectivity index (χ1) is 13.8. The lowest BCUT2D eigenvalue weighted by Crippen LogP contribution is -2.44. The molecule has 2 amide bonds. The van der Waals surface area contributed by atoms with Crippen molar-refractivity contribution in [1.29, 1.82) is 0 Å². The molecule has 0 bridgehead atoms. The molecule has 0 N–H and O–H groups in total. The number of rotatable bonds is 3. The third-order valence-electron chi connectivity index (χ3n) is 6.17. The Labute approximate surface area is 167 Å². The Balaban J connectivity index is 1.42. The van der Waals surface area contributed by atoms with Crippen molar-refractivity contribution in [3.63, 3.8) is 0 Å². The van der Waals surface area contributed by atoms with E-state index in [1.54, 1.807) is 4.90 Å². The number of carbonyl (C=O) groups excluding carboxylic acids is 2. The van der Waals surface area contributed by atoms with Crippen LogP contribution in [0, 0.1) is 5.92 Å². The number of piperidine rings is 1. The minimum absolute atomic E-state index is 0.0791. The molecule has 1 aromatic rings. The zero-order valence-electron chi connectivity index (χ0n) is 16.3. The molecular weight excluding hydrogens is 387 g/mol. The van der Waals surface area contributed by atoms with Crippen LogP contribution in [-0.2, 0) is 22.6 Å². The van der Waals surface area contributed by atoms with Crippen molar-refractivity contribution in [2.45, 2.75) is 63.6 Å². The van der Waals surface area contributed by atoms with Gasteiger partial charge in [0, 0.05) is 44.9 Å². The number of aromatic nitrogens is 3. The molecule has 2 saturated heterocycles. The number of carbonyl (C=O) groups is 2.